The largest absolute Gasteiger partial charge is 0.467 e. The molecular weight excluding hydrogens is 244 g/mol. The highest BCUT2D eigenvalue weighted by molar-refractivity contribution is 5.27. The number of rotatable bonds is 3. The Balaban J connectivity index is 1.79. The Morgan fingerprint density at radius 3 is 2.79 bits per heavy atom. The molecule has 1 saturated heterocycles. The third kappa shape index (κ3) is 2.67. The Morgan fingerprint density at radius 2 is 2.11 bits per heavy atom. The fourth-order valence-electron chi connectivity index (χ4n) is 2.27. The number of furan rings is 1. The van der Waals surface area contributed by atoms with Crippen molar-refractivity contribution in [3.05, 3.63) is 41.0 Å². The summed E-state index contributed by atoms with van der Waals surface area (Å²) in [5, 5.41) is 0. The Kier molecular flexibility index (Phi) is 3.31. The first-order valence-electron chi connectivity index (χ1n) is 6.54. The molecule has 0 amide bonds. The van der Waals surface area contributed by atoms with Gasteiger partial charge in [-0.05, 0) is 31.4 Å². The van der Waals surface area contributed by atoms with Gasteiger partial charge in [-0.2, -0.15) is 4.98 Å². The highest BCUT2D eigenvalue weighted by Gasteiger charge is 2.14. The molecule has 0 spiro atoms. The fourth-order valence-corrected chi connectivity index (χ4v) is 2.27. The van der Waals surface area contributed by atoms with Crippen molar-refractivity contribution in [3.63, 3.8) is 0 Å². The summed E-state index contributed by atoms with van der Waals surface area (Å²) < 4.78 is 6.66. The van der Waals surface area contributed by atoms with Crippen molar-refractivity contribution >= 4 is 5.95 Å². The van der Waals surface area contributed by atoms with Crippen LogP contribution in [0, 0.1) is 0 Å². The molecule has 0 unspecified atom stereocenters. The lowest BCUT2D eigenvalue weighted by molar-refractivity contribution is 0.483. The molecule has 0 atom stereocenters. The van der Waals surface area contributed by atoms with Gasteiger partial charge in [0.1, 0.15) is 12.1 Å². The zero-order valence-corrected chi connectivity index (χ0v) is 10.7. The van der Waals surface area contributed by atoms with Crippen molar-refractivity contribution in [2.75, 3.05) is 18.0 Å². The van der Waals surface area contributed by atoms with Gasteiger partial charge in [-0.1, -0.05) is 0 Å². The zero-order chi connectivity index (χ0) is 13.1. The Morgan fingerprint density at radius 1 is 1.26 bits per heavy atom. The maximum Gasteiger partial charge on any atom is 0.352 e. The smallest absolute Gasteiger partial charge is 0.352 e. The van der Waals surface area contributed by atoms with E-state index in [0.29, 0.717) is 12.5 Å². The molecule has 0 N–H and O–H groups in total. The van der Waals surface area contributed by atoms with Crippen molar-refractivity contribution in [2.24, 2.45) is 0 Å². The van der Waals surface area contributed by atoms with E-state index in [9.17, 15) is 4.79 Å². The average Bonchev–Trinajstić information content (AvgIpc) is 2.95. The molecule has 1 aliphatic rings. The van der Waals surface area contributed by atoms with Crippen LogP contribution in [0.5, 0.6) is 0 Å². The number of piperidine rings is 1. The molecule has 0 aromatic carbocycles. The summed E-state index contributed by atoms with van der Waals surface area (Å²) in [6.07, 6.45) is 6.65. The normalized spacial score (nSPS) is 15.7. The summed E-state index contributed by atoms with van der Waals surface area (Å²) in [4.78, 5) is 22.4. The predicted molar refractivity (Wildman–Crippen MR) is 70.2 cm³/mol. The first-order chi connectivity index (χ1) is 9.33. The van der Waals surface area contributed by atoms with Crippen LogP contribution in [0.3, 0.4) is 0 Å². The van der Waals surface area contributed by atoms with Crippen molar-refractivity contribution in [2.45, 2.75) is 25.8 Å². The predicted octanol–water partition coefficient (Wildman–Crippen LogP) is 1.27. The van der Waals surface area contributed by atoms with Crippen molar-refractivity contribution in [1.82, 2.24) is 14.5 Å². The Bertz CT molecular complexity index is 585. The molecule has 0 radical (unpaired) electrons. The molecule has 19 heavy (non-hydrogen) atoms. The second kappa shape index (κ2) is 5.26. The third-order valence-corrected chi connectivity index (χ3v) is 3.30. The van der Waals surface area contributed by atoms with E-state index in [4.69, 9.17) is 4.42 Å². The molecule has 1 aliphatic heterocycles. The maximum atomic E-state index is 12.0. The van der Waals surface area contributed by atoms with Gasteiger partial charge in [-0.3, -0.25) is 4.57 Å². The molecule has 6 heteroatoms. The number of anilines is 1. The molecule has 0 aliphatic carbocycles. The van der Waals surface area contributed by atoms with E-state index >= 15 is 0 Å². The van der Waals surface area contributed by atoms with Crippen LogP contribution in [0.15, 0.2) is 33.9 Å². The third-order valence-electron chi connectivity index (χ3n) is 3.30. The quantitative estimate of drug-likeness (QED) is 0.831. The molecule has 6 nitrogen and oxygen atoms in total. The van der Waals surface area contributed by atoms with Crippen LogP contribution in [-0.4, -0.2) is 27.6 Å². The van der Waals surface area contributed by atoms with Gasteiger partial charge in [0.05, 0.1) is 12.8 Å². The van der Waals surface area contributed by atoms with Gasteiger partial charge in [-0.15, -0.1) is 0 Å². The molecule has 0 saturated carbocycles. The van der Waals surface area contributed by atoms with Crippen molar-refractivity contribution in [1.29, 1.82) is 0 Å². The molecule has 2 aromatic rings. The minimum absolute atomic E-state index is 0.285. The van der Waals surface area contributed by atoms with Crippen LogP contribution in [0.25, 0.3) is 0 Å². The number of aromatic nitrogens is 3. The average molecular weight is 260 g/mol. The topological polar surface area (TPSA) is 64.2 Å². The van der Waals surface area contributed by atoms with Crippen LogP contribution in [0.2, 0.25) is 0 Å². The number of hydrogen-bond donors (Lipinski definition) is 0. The van der Waals surface area contributed by atoms with Crippen LogP contribution >= 0.6 is 0 Å². The lowest BCUT2D eigenvalue weighted by Gasteiger charge is -2.26. The highest BCUT2D eigenvalue weighted by atomic mass is 16.3. The minimum atomic E-state index is -0.285. The van der Waals surface area contributed by atoms with Crippen molar-refractivity contribution in [3.8, 4) is 0 Å². The van der Waals surface area contributed by atoms with Crippen molar-refractivity contribution < 1.29 is 4.42 Å². The molecular formula is C13H16N4O2. The number of nitrogens with zero attached hydrogens (tertiary/aromatic N) is 4. The summed E-state index contributed by atoms with van der Waals surface area (Å²) in [6.45, 7) is 2.23. The zero-order valence-electron chi connectivity index (χ0n) is 10.7. The van der Waals surface area contributed by atoms with Crippen LogP contribution in [0.4, 0.5) is 5.95 Å². The lowest BCUT2D eigenvalue weighted by Crippen LogP contribution is -2.34. The molecule has 3 rings (SSSR count). The Labute approximate surface area is 110 Å². The second-order valence-corrected chi connectivity index (χ2v) is 4.69. The fraction of sp³-hybridized carbons (Fsp3) is 0.462. The van der Waals surface area contributed by atoms with E-state index < -0.39 is 0 Å². The highest BCUT2D eigenvalue weighted by Crippen LogP contribution is 2.13. The van der Waals surface area contributed by atoms with Crippen LogP contribution in [-0.2, 0) is 6.54 Å². The monoisotopic (exact) mass is 260 g/mol. The van der Waals surface area contributed by atoms with Gasteiger partial charge < -0.3 is 9.32 Å². The van der Waals surface area contributed by atoms with E-state index in [1.807, 2.05) is 6.07 Å². The molecule has 2 aromatic heterocycles. The van der Waals surface area contributed by atoms with Gasteiger partial charge in [-0.25, -0.2) is 9.78 Å². The minimum Gasteiger partial charge on any atom is -0.467 e. The van der Waals surface area contributed by atoms with E-state index in [1.165, 1.54) is 11.0 Å². The molecule has 100 valence electrons. The first kappa shape index (κ1) is 12.0. The van der Waals surface area contributed by atoms with E-state index in [2.05, 4.69) is 14.9 Å². The van der Waals surface area contributed by atoms with E-state index in [-0.39, 0.29) is 5.69 Å². The van der Waals surface area contributed by atoms with Gasteiger partial charge >= 0.3 is 5.69 Å². The van der Waals surface area contributed by atoms with Crippen LogP contribution < -0.4 is 10.6 Å². The van der Waals surface area contributed by atoms with Gasteiger partial charge in [0.2, 0.25) is 5.95 Å². The molecule has 0 bridgehead atoms. The standard InChI is InChI=1S/C13H16N4O2/c18-13-15-12(16-6-2-1-3-7-16)14-10-17(13)9-11-5-4-8-19-11/h4-5,8,10H,1-3,6-7,9H2. The Hall–Kier alpha value is -2.11. The summed E-state index contributed by atoms with van der Waals surface area (Å²) in [5.74, 6) is 1.26. The van der Waals surface area contributed by atoms with E-state index in [0.717, 1.165) is 31.7 Å². The lowest BCUT2D eigenvalue weighted by atomic mass is 10.1. The van der Waals surface area contributed by atoms with E-state index in [1.54, 1.807) is 18.7 Å². The van der Waals surface area contributed by atoms with Gasteiger partial charge in [0, 0.05) is 13.1 Å². The number of hydrogen-bond acceptors (Lipinski definition) is 5. The maximum absolute atomic E-state index is 12.0. The summed E-state index contributed by atoms with van der Waals surface area (Å²) >= 11 is 0. The van der Waals surface area contributed by atoms with Gasteiger partial charge in [0.15, 0.2) is 0 Å². The SMILES string of the molecule is O=c1nc(N2CCCCC2)ncn1Cc1ccco1. The molecule has 1 fully saturated rings. The molecule has 3 heterocycles. The second-order valence-electron chi connectivity index (χ2n) is 4.69. The van der Waals surface area contributed by atoms with Crippen LogP contribution in [0.1, 0.15) is 25.0 Å². The summed E-state index contributed by atoms with van der Waals surface area (Å²) in [6, 6.07) is 3.62. The summed E-state index contributed by atoms with van der Waals surface area (Å²) in [7, 11) is 0. The first-order valence-corrected chi connectivity index (χ1v) is 6.54. The van der Waals surface area contributed by atoms with Gasteiger partial charge in [0.25, 0.3) is 0 Å². The summed E-state index contributed by atoms with van der Waals surface area (Å²) in [5.41, 5.74) is -0.285.